The minimum absolute atomic E-state index is 0.0607. The minimum Gasteiger partial charge on any atom is -0.481 e. The van der Waals surface area contributed by atoms with Crippen LogP contribution in [0, 0.1) is 0 Å². The van der Waals surface area contributed by atoms with Crippen molar-refractivity contribution in [2.45, 2.75) is 25.0 Å². The highest BCUT2D eigenvalue weighted by Crippen LogP contribution is 2.23. The zero-order valence-corrected chi connectivity index (χ0v) is 13.9. The number of rotatable bonds is 4. The molecule has 2 heterocycles. The van der Waals surface area contributed by atoms with Crippen LogP contribution < -0.4 is 4.90 Å². The van der Waals surface area contributed by atoms with Crippen molar-refractivity contribution in [1.29, 1.82) is 0 Å². The van der Waals surface area contributed by atoms with E-state index in [1.54, 1.807) is 13.0 Å². The normalized spacial score (nSPS) is 18.4. The number of carboxylic acid groups (broad SMARTS) is 1. The van der Waals surface area contributed by atoms with E-state index in [4.69, 9.17) is 16.7 Å². The van der Waals surface area contributed by atoms with Gasteiger partial charge in [0.25, 0.3) is 0 Å². The van der Waals surface area contributed by atoms with Crippen LogP contribution in [0.25, 0.3) is 0 Å². The molecule has 0 aliphatic carbocycles. The monoisotopic (exact) mass is 344 g/mol. The summed E-state index contributed by atoms with van der Waals surface area (Å²) in [6.07, 6.45) is 0. The predicted molar refractivity (Wildman–Crippen MR) is 84.5 cm³/mol. The van der Waals surface area contributed by atoms with Crippen molar-refractivity contribution < 1.29 is 14.7 Å². The van der Waals surface area contributed by atoms with Crippen LogP contribution in [0.3, 0.4) is 0 Å². The van der Waals surface area contributed by atoms with Crippen molar-refractivity contribution >= 4 is 41.1 Å². The largest absolute Gasteiger partial charge is 0.481 e. The number of amides is 1. The maximum absolute atomic E-state index is 11.5. The van der Waals surface area contributed by atoms with Gasteiger partial charge in [0.15, 0.2) is 5.16 Å². The molecule has 1 fully saturated rings. The lowest BCUT2D eigenvalue weighted by molar-refractivity contribution is -0.134. The molecule has 0 radical (unpaired) electrons. The summed E-state index contributed by atoms with van der Waals surface area (Å²) in [5.74, 6) is -0.332. The van der Waals surface area contributed by atoms with E-state index in [1.165, 1.54) is 0 Å². The molecule has 0 bridgehead atoms. The van der Waals surface area contributed by atoms with Crippen molar-refractivity contribution in [2.24, 2.45) is 0 Å². The Bertz CT molecular complexity index is 586. The number of aromatic nitrogens is 2. The number of piperazine rings is 1. The number of aliphatic carboxylic acids is 1. The molecule has 0 saturated carbocycles. The standard InChI is InChI=1S/C13H17ClN4O3S/c1-8-6-17(3-4-18(8)9(2)19)11-5-10(14)15-13(16-11)22-7-12(20)21/h5,8H,3-4,6-7H2,1-2H3,(H,20,21). The number of hydrogen-bond donors (Lipinski definition) is 1. The van der Waals surface area contributed by atoms with E-state index in [0.29, 0.717) is 30.6 Å². The number of halogens is 1. The summed E-state index contributed by atoms with van der Waals surface area (Å²) < 4.78 is 0. The molecule has 2 rings (SSSR count). The number of anilines is 1. The fourth-order valence-corrected chi connectivity index (χ4v) is 3.17. The zero-order chi connectivity index (χ0) is 16.3. The Labute approximate surface area is 137 Å². The lowest BCUT2D eigenvalue weighted by Gasteiger charge is -2.40. The molecule has 120 valence electrons. The molecule has 0 spiro atoms. The van der Waals surface area contributed by atoms with Crippen LogP contribution in [0.4, 0.5) is 5.82 Å². The highest BCUT2D eigenvalue weighted by atomic mass is 35.5. The summed E-state index contributed by atoms with van der Waals surface area (Å²) in [7, 11) is 0. The molecule has 1 atom stereocenters. The van der Waals surface area contributed by atoms with Gasteiger partial charge in [-0.05, 0) is 6.92 Å². The maximum atomic E-state index is 11.5. The lowest BCUT2D eigenvalue weighted by Crippen LogP contribution is -2.53. The van der Waals surface area contributed by atoms with Gasteiger partial charge in [0.05, 0.1) is 5.75 Å². The summed E-state index contributed by atoms with van der Waals surface area (Å²) >= 11 is 7.03. The first-order valence-electron chi connectivity index (χ1n) is 6.78. The number of carbonyl (C=O) groups excluding carboxylic acids is 1. The summed E-state index contributed by atoms with van der Waals surface area (Å²) in [5.41, 5.74) is 0. The Hall–Kier alpha value is -1.54. The molecule has 1 saturated heterocycles. The van der Waals surface area contributed by atoms with Crippen LogP contribution in [-0.2, 0) is 9.59 Å². The summed E-state index contributed by atoms with van der Waals surface area (Å²) in [4.78, 5) is 34.4. The Balaban J connectivity index is 2.12. The third kappa shape index (κ3) is 4.23. The molecule has 1 aromatic rings. The molecule has 1 unspecified atom stereocenters. The van der Waals surface area contributed by atoms with Crippen molar-refractivity contribution in [3.8, 4) is 0 Å². The Morgan fingerprint density at radius 3 is 2.77 bits per heavy atom. The van der Waals surface area contributed by atoms with Gasteiger partial charge in [-0.25, -0.2) is 9.97 Å². The first-order valence-corrected chi connectivity index (χ1v) is 8.14. The number of carbonyl (C=O) groups is 2. The van der Waals surface area contributed by atoms with Gasteiger partial charge in [0.2, 0.25) is 5.91 Å². The Kier molecular flexibility index (Phi) is 5.47. The Morgan fingerprint density at radius 2 is 2.18 bits per heavy atom. The molecule has 1 aliphatic heterocycles. The van der Waals surface area contributed by atoms with Crippen molar-refractivity contribution in [2.75, 3.05) is 30.3 Å². The second-order valence-electron chi connectivity index (χ2n) is 5.02. The van der Waals surface area contributed by atoms with Gasteiger partial charge in [0, 0.05) is 38.7 Å². The third-order valence-electron chi connectivity index (χ3n) is 3.34. The van der Waals surface area contributed by atoms with E-state index in [1.807, 2.05) is 16.7 Å². The summed E-state index contributed by atoms with van der Waals surface area (Å²) in [5, 5.41) is 9.34. The second-order valence-corrected chi connectivity index (χ2v) is 6.35. The first kappa shape index (κ1) is 16.8. The van der Waals surface area contributed by atoms with Gasteiger partial charge < -0.3 is 14.9 Å². The molecule has 7 nitrogen and oxygen atoms in total. The van der Waals surface area contributed by atoms with Crippen molar-refractivity contribution in [3.63, 3.8) is 0 Å². The fraction of sp³-hybridized carbons (Fsp3) is 0.538. The molecule has 1 aromatic heterocycles. The van der Waals surface area contributed by atoms with Gasteiger partial charge >= 0.3 is 5.97 Å². The van der Waals surface area contributed by atoms with E-state index in [9.17, 15) is 9.59 Å². The lowest BCUT2D eigenvalue weighted by atomic mass is 10.2. The highest BCUT2D eigenvalue weighted by Gasteiger charge is 2.26. The van der Waals surface area contributed by atoms with Crippen molar-refractivity contribution in [1.82, 2.24) is 14.9 Å². The van der Waals surface area contributed by atoms with E-state index >= 15 is 0 Å². The van der Waals surface area contributed by atoms with Crippen LogP contribution in [-0.4, -0.2) is 63.3 Å². The first-order chi connectivity index (χ1) is 10.4. The van der Waals surface area contributed by atoms with E-state index in [2.05, 4.69) is 9.97 Å². The van der Waals surface area contributed by atoms with Crippen LogP contribution in [0.2, 0.25) is 5.15 Å². The third-order valence-corrected chi connectivity index (χ3v) is 4.37. The Morgan fingerprint density at radius 1 is 1.45 bits per heavy atom. The predicted octanol–water partition coefficient (Wildman–Crippen LogP) is 1.36. The van der Waals surface area contributed by atoms with E-state index < -0.39 is 5.97 Å². The molecule has 1 N–H and O–H groups in total. The summed E-state index contributed by atoms with van der Waals surface area (Å²) in [6.45, 7) is 5.47. The second kappa shape index (κ2) is 7.15. The van der Waals surface area contributed by atoms with Gasteiger partial charge in [-0.15, -0.1) is 0 Å². The molecule has 22 heavy (non-hydrogen) atoms. The van der Waals surface area contributed by atoms with Crippen LogP contribution >= 0.6 is 23.4 Å². The molecule has 1 amide bonds. The van der Waals surface area contributed by atoms with Crippen molar-refractivity contribution in [3.05, 3.63) is 11.2 Å². The molecular weight excluding hydrogens is 328 g/mol. The van der Waals surface area contributed by atoms with Gasteiger partial charge in [0.1, 0.15) is 11.0 Å². The minimum atomic E-state index is -0.932. The van der Waals surface area contributed by atoms with E-state index in [-0.39, 0.29) is 22.9 Å². The number of thioether (sulfide) groups is 1. The smallest absolute Gasteiger partial charge is 0.313 e. The molecule has 9 heteroatoms. The molecular formula is C13H17ClN4O3S. The average Bonchev–Trinajstić information content (AvgIpc) is 2.44. The van der Waals surface area contributed by atoms with Crippen LogP contribution in [0.15, 0.2) is 11.2 Å². The van der Waals surface area contributed by atoms with Gasteiger partial charge in [-0.2, -0.15) is 0 Å². The number of nitrogens with zero attached hydrogens (tertiary/aromatic N) is 4. The topological polar surface area (TPSA) is 86.6 Å². The summed E-state index contributed by atoms with van der Waals surface area (Å²) in [6, 6.07) is 1.73. The van der Waals surface area contributed by atoms with Gasteiger partial charge in [-0.1, -0.05) is 23.4 Å². The highest BCUT2D eigenvalue weighted by molar-refractivity contribution is 7.99. The van der Waals surface area contributed by atoms with E-state index in [0.717, 1.165) is 11.8 Å². The van der Waals surface area contributed by atoms with Gasteiger partial charge in [-0.3, -0.25) is 9.59 Å². The average molecular weight is 345 g/mol. The van der Waals surface area contributed by atoms with Crippen LogP contribution in [0.5, 0.6) is 0 Å². The van der Waals surface area contributed by atoms with Crippen LogP contribution in [0.1, 0.15) is 13.8 Å². The maximum Gasteiger partial charge on any atom is 0.313 e. The molecule has 1 aliphatic rings. The molecule has 0 aromatic carbocycles. The quantitative estimate of drug-likeness (QED) is 0.501. The fourth-order valence-electron chi connectivity index (χ4n) is 2.37. The zero-order valence-electron chi connectivity index (χ0n) is 12.3. The number of hydrogen-bond acceptors (Lipinski definition) is 6. The number of carboxylic acids is 1. The SMILES string of the molecule is CC(=O)N1CCN(c2cc(Cl)nc(SCC(=O)O)n2)CC1C.